The van der Waals surface area contributed by atoms with Crippen LogP contribution in [0.1, 0.15) is 17.2 Å². The van der Waals surface area contributed by atoms with Crippen LogP contribution in [-0.2, 0) is 4.79 Å². The topological polar surface area (TPSA) is 75.3 Å². The number of amides is 1. The molecule has 1 rings (SSSR count). The van der Waals surface area contributed by atoms with Crippen molar-refractivity contribution in [3.63, 3.8) is 0 Å². The van der Waals surface area contributed by atoms with Crippen molar-refractivity contribution in [1.82, 2.24) is 5.43 Å². The minimum Gasteiger partial charge on any atom is -0.378 e. The molecule has 80 valence electrons. The molecule has 0 saturated heterocycles. The van der Waals surface area contributed by atoms with Gasteiger partial charge in [-0.3, -0.25) is 10.2 Å². The number of aliphatic hydroxyl groups excluding tert-OH is 1. The van der Waals surface area contributed by atoms with Gasteiger partial charge in [-0.25, -0.2) is 10.2 Å². The highest BCUT2D eigenvalue weighted by Crippen LogP contribution is 2.22. The van der Waals surface area contributed by atoms with E-state index in [2.05, 4.69) is 6.58 Å². The fourth-order valence-electron chi connectivity index (χ4n) is 1.23. The molecular weight excluding hydrogens is 199 g/mol. The van der Waals surface area contributed by atoms with E-state index in [1.807, 2.05) is 0 Å². The molecular formula is C10H11FN2O2. The van der Waals surface area contributed by atoms with Crippen molar-refractivity contribution in [3.05, 3.63) is 41.7 Å². The van der Waals surface area contributed by atoms with E-state index >= 15 is 0 Å². The number of carbonyl (C=O) groups is 1. The molecule has 1 aromatic rings. The van der Waals surface area contributed by atoms with Crippen molar-refractivity contribution < 1.29 is 14.3 Å². The summed E-state index contributed by atoms with van der Waals surface area (Å²) in [5.74, 6) is 3.29. The molecule has 0 saturated carbocycles. The number of carbonyl (C=O) groups excluding carboxylic acids is 1. The Morgan fingerprint density at radius 2 is 2.33 bits per heavy atom. The first-order valence-corrected chi connectivity index (χ1v) is 4.21. The summed E-state index contributed by atoms with van der Waals surface area (Å²) in [4.78, 5) is 11.0. The van der Waals surface area contributed by atoms with Gasteiger partial charge in [-0.15, -0.1) is 0 Å². The Hall–Kier alpha value is -1.72. The minimum atomic E-state index is -1.64. The van der Waals surface area contributed by atoms with E-state index in [1.165, 1.54) is 12.1 Å². The summed E-state index contributed by atoms with van der Waals surface area (Å²) in [6.07, 6.45) is -0.282. The second kappa shape index (κ2) is 4.68. The lowest BCUT2D eigenvalue weighted by molar-refractivity contribution is -0.129. The zero-order valence-corrected chi connectivity index (χ0v) is 7.90. The third kappa shape index (κ3) is 2.20. The van der Waals surface area contributed by atoms with Crippen molar-refractivity contribution in [2.45, 2.75) is 6.10 Å². The largest absolute Gasteiger partial charge is 0.378 e. The van der Waals surface area contributed by atoms with Crippen LogP contribution < -0.4 is 11.3 Å². The van der Waals surface area contributed by atoms with Gasteiger partial charge in [-0.05, 0) is 11.6 Å². The fraction of sp³-hybridized carbons (Fsp3) is 0.100. The highest BCUT2D eigenvalue weighted by Gasteiger charge is 2.22. The zero-order valence-electron chi connectivity index (χ0n) is 7.90. The second-order valence-electron chi connectivity index (χ2n) is 2.86. The van der Waals surface area contributed by atoms with Gasteiger partial charge in [0.25, 0.3) is 5.91 Å². The maximum absolute atomic E-state index is 13.4. The second-order valence-corrected chi connectivity index (χ2v) is 2.86. The van der Waals surface area contributed by atoms with Crippen molar-refractivity contribution in [1.29, 1.82) is 0 Å². The van der Waals surface area contributed by atoms with E-state index in [0.29, 0.717) is 5.56 Å². The Morgan fingerprint density at radius 1 is 1.67 bits per heavy atom. The molecule has 0 bridgehead atoms. The molecule has 1 amide bonds. The number of halogens is 1. The number of benzene rings is 1. The van der Waals surface area contributed by atoms with Crippen LogP contribution in [0.25, 0.3) is 6.08 Å². The van der Waals surface area contributed by atoms with Crippen molar-refractivity contribution in [2.75, 3.05) is 0 Å². The lowest BCUT2D eigenvalue weighted by Crippen LogP contribution is -2.35. The predicted molar refractivity (Wildman–Crippen MR) is 53.8 cm³/mol. The first-order chi connectivity index (χ1) is 7.11. The smallest absolute Gasteiger partial charge is 0.267 e. The Morgan fingerprint density at radius 3 is 2.87 bits per heavy atom. The van der Waals surface area contributed by atoms with E-state index in [0.717, 1.165) is 6.07 Å². The summed E-state index contributed by atoms with van der Waals surface area (Å²) in [6.45, 7) is 3.46. The molecule has 1 aromatic carbocycles. The van der Waals surface area contributed by atoms with Crippen LogP contribution in [0.15, 0.2) is 24.8 Å². The Balaban J connectivity index is 3.22. The molecule has 0 aliphatic rings. The molecule has 0 radical (unpaired) electrons. The molecule has 0 aliphatic heterocycles. The van der Waals surface area contributed by atoms with Crippen LogP contribution in [0.4, 0.5) is 4.39 Å². The van der Waals surface area contributed by atoms with Crippen LogP contribution in [0.5, 0.6) is 0 Å². The summed E-state index contributed by atoms with van der Waals surface area (Å²) in [5, 5.41) is 9.50. The average Bonchev–Trinajstić information content (AvgIpc) is 2.26. The maximum atomic E-state index is 13.4. The summed E-state index contributed by atoms with van der Waals surface area (Å²) >= 11 is 0. The monoisotopic (exact) mass is 210 g/mol. The van der Waals surface area contributed by atoms with Gasteiger partial charge in [0.05, 0.1) is 0 Å². The number of aliphatic hydroxyl groups is 1. The van der Waals surface area contributed by atoms with Crippen LogP contribution in [0, 0.1) is 5.82 Å². The molecule has 4 nitrogen and oxygen atoms in total. The molecule has 0 fully saturated rings. The number of hydrogen-bond donors (Lipinski definition) is 3. The van der Waals surface area contributed by atoms with Crippen molar-refractivity contribution in [2.24, 2.45) is 5.84 Å². The Labute approximate surface area is 86.2 Å². The van der Waals surface area contributed by atoms with Gasteiger partial charge in [0, 0.05) is 5.56 Å². The van der Waals surface area contributed by atoms with E-state index in [9.17, 15) is 14.3 Å². The van der Waals surface area contributed by atoms with Gasteiger partial charge in [-0.2, -0.15) is 0 Å². The van der Waals surface area contributed by atoms with E-state index < -0.39 is 17.8 Å². The van der Waals surface area contributed by atoms with Gasteiger partial charge >= 0.3 is 0 Å². The standard InChI is InChI=1S/C10H11FN2O2/c1-2-6-4-3-5-7(11)8(6)9(14)10(15)13-12/h2-5,9,14H,1,12H2,(H,13,15). The Kier molecular flexibility index (Phi) is 3.54. The van der Waals surface area contributed by atoms with Crippen molar-refractivity contribution >= 4 is 12.0 Å². The van der Waals surface area contributed by atoms with E-state index in [1.54, 1.807) is 11.5 Å². The lowest BCUT2D eigenvalue weighted by Gasteiger charge is -2.12. The van der Waals surface area contributed by atoms with Crippen LogP contribution >= 0.6 is 0 Å². The summed E-state index contributed by atoms with van der Waals surface area (Å²) in [5.41, 5.74) is 1.98. The SMILES string of the molecule is C=Cc1cccc(F)c1C(O)C(=O)NN. The summed E-state index contributed by atoms with van der Waals surface area (Å²) in [7, 11) is 0. The minimum absolute atomic E-state index is 0.129. The lowest BCUT2D eigenvalue weighted by atomic mass is 10.0. The summed E-state index contributed by atoms with van der Waals surface area (Å²) < 4.78 is 13.4. The van der Waals surface area contributed by atoms with Crippen LogP contribution in [0.2, 0.25) is 0 Å². The normalized spacial score (nSPS) is 11.9. The van der Waals surface area contributed by atoms with Crippen molar-refractivity contribution in [3.8, 4) is 0 Å². The van der Waals surface area contributed by atoms with Gasteiger partial charge in [0.15, 0.2) is 6.10 Å². The van der Waals surface area contributed by atoms with Crippen LogP contribution in [0.3, 0.4) is 0 Å². The highest BCUT2D eigenvalue weighted by molar-refractivity contribution is 5.82. The van der Waals surface area contributed by atoms with Gasteiger partial charge in [0.1, 0.15) is 5.82 Å². The quantitative estimate of drug-likeness (QED) is 0.386. The highest BCUT2D eigenvalue weighted by atomic mass is 19.1. The third-order valence-electron chi connectivity index (χ3n) is 1.97. The number of hydrogen-bond acceptors (Lipinski definition) is 3. The molecule has 5 heteroatoms. The Bertz CT molecular complexity index is 393. The molecule has 4 N–H and O–H groups in total. The average molecular weight is 210 g/mol. The zero-order chi connectivity index (χ0) is 11.4. The molecule has 0 heterocycles. The first kappa shape index (κ1) is 11.4. The third-order valence-corrected chi connectivity index (χ3v) is 1.97. The van der Waals surface area contributed by atoms with E-state index in [-0.39, 0.29) is 5.56 Å². The molecule has 0 aliphatic carbocycles. The molecule has 15 heavy (non-hydrogen) atoms. The maximum Gasteiger partial charge on any atom is 0.267 e. The molecule has 0 spiro atoms. The van der Waals surface area contributed by atoms with Crippen LogP contribution in [-0.4, -0.2) is 11.0 Å². The van der Waals surface area contributed by atoms with Gasteiger partial charge in [-0.1, -0.05) is 24.8 Å². The molecule has 1 atom stereocenters. The predicted octanol–water partition coefficient (Wildman–Crippen LogP) is 0.492. The number of nitrogens with two attached hydrogens (primary N) is 1. The van der Waals surface area contributed by atoms with E-state index in [4.69, 9.17) is 5.84 Å². The number of hydrazine groups is 1. The van der Waals surface area contributed by atoms with Gasteiger partial charge in [0.2, 0.25) is 0 Å². The fourth-order valence-corrected chi connectivity index (χ4v) is 1.23. The number of rotatable bonds is 3. The number of nitrogens with one attached hydrogen (secondary N) is 1. The first-order valence-electron chi connectivity index (χ1n) is 4.21. The molecule has 0 aromatic heterocycles. The summed E-state index contributed by atoms with van der Waals surface area (Å²) in [6, 6.07) is 4.15. The van der Waals surface area contributed by atoms with Gasteiger partial charge < -0.3 is 5.11 Å². The molecule has 1 unspecified atom stereocenters.